The van der Waals surface area contributed by atoms with Crippen LogP contribution in [0.15, 0.2) is 24.3 Å². The Labute approximate surface area is 106 Å². The summed E-state index contributed by atoms with van der Waals surface area (Å²) in [6.45, 7) is 1.16. The number of aliphatic carboxylic acids is 1. The third kappa shape index (κ3) is 4.86. The molecule has 1 aromatic rings. The molecule has 1 aromatic carbocycles. The van der Waals surface area contributed by atoms with E-state index in [2.05, 4.69) is 10.1 Å². The number of halogens is 3. The van der Waals surface area contributed by atoms with Gasteiger partial charge in [-0.05, 0) is 19.1 Å². The predicted octanol–water partition coefficient (Wildman–Crippen LogP) is 2.24. The van der Waals surface area contributed by atoms with Gasteiger partial charge in [0, 0.05) is 11.8 Å². The average Bonchev–Trinajstić information content (AvgIpc) is 2.25. The van der Waals surface area contributed by atoms with Crippen molar-refractivity contribution < 1.29 is 32.6 Å². The first kappa shape index (κ1) is 14.8. The van der Waals surface area contributed by atoms with Crippen molar-refractivity contribution in [3.63, 3.8) is 0 Å². The van der Waals surface area contributed by atoms with Crippen LogP contribution in [-0.4, -0.2) is 23.3 Å². The van der Waals surface area contributed by atoms with E-state index in [1.807, 2.05) is 0 Å². The van der Waals surface area contributed by atoms with E-state index >= 15 is 0 Å². The van der Waals surface area contributed by atoms with Gasteiger partial charge in [0.15, 0.2) is 0 Å². The molecule has 19 heavy (non-hydrogen) atoms. The summed E-state index contributed by atoms with van der Waals surface area (Å²) in [7, 11) is 0. The lowest BCUT2D eigenvalue weighted by atomic mass is 10.1. The quantitative estimate of drug-likeness (QED) is 0.827. The first-order valence-corrected chi connectivity index (χ1v) is 5.08. The van der Waals surface area contributed by atoms with Crippen molar-refractivity contribution >= 4 is 17.6 Å². The van der Waals surface area contributed by atoms with Crippen molar-refractivity contribution in [1.82, 2.24) is 0 Å². The van der Waals surface area contributed by atoms with Crippen molar-refractivity contribution in [3.8, 4) is 5.75 Å². The molecule has 104 valence electrons. The van der Waals surface area contributed by atoms with Crippen molar-refractivity contribution in [2.24, 2.45) is 5.92 Å². The molecule has 0 fully saturated rings. The topological polar surface area (TPSA) is 75.6 Å². The maximum absolute atomic E-state index is 12.0. The summed E-state index contributed by atoms with van der Waals surface area (Å²) in [6, 6.07) is 4.56. The summed E-state index contributed by atoms with van der Waals surface area (Å²) < 4.78 is 39.6. The van der Waals surface area contributed by atoms with Crippen LogP contribution in [0.2, 0.25) is 0 Å². The first-order chi connectivity index (χ1) is 8.69. The second-order valence-electron chi connectivity index (χ2n) is 3.62. The number of hydrogen-bond acceptors (Lipinski definition) is 3. The number of carbonyl (C=O) groups excluding carboxylic acids is 1. The zero-order chi connectivity index (χ0) is 14.6. The summed E-state index contributed by atoms with van der Waals surface area (Å²) in [5.74, 6) is -3.99. The van der Waals surface area contributed by atoms with Crippen molar-refractivity contribution in [2.45, 2.75) is 13.3 Å². The molecule has 0 aromatic heterocycles. The number of nitrogens with one attached hydrogen (secondary N) is 1. The molecule has 2 N–H and O–H groups in total. The standard InChI is InChI=1S/C11H10F3NO4/c1-6(10(17)18)9(16)15-7-3-2-4-8(5-7)19-11(12,13)14/h2-6H,1H3,(H,15,16)(H,17,18). The molecule has 1 rings (SSSR count). The molecule has 0 aliphatic heterocycles. The third-order valence-electron chi connectivity index (χ3n) is 2.10. The maximum atomic E-state index is 12.0. The molecular weight excluding hydrogens is 267 g/mol. The number of hydrogen-bond donors (Lipinski definition) is 2. The number of benzene rings is 1. The van der Waals surface area contributed by atoms with Gasteiger partial charge in [0.25, 0.3) is 0 Å². The van der Waals surface area contributed by atoms with Gasteiger partial charge in [0.1, 0.15) is 11.7 Å². The number of carboxylic acid groups (broad SMARTS) is 1. The molecule has 0 aliphatic carbocycles. The van der Waals surface area contributed by atoms with Crippen molar-refractivity contribution in [3.05, 3.63) is 24.3 Å². The van der Waals surface area contributed by atoms with Crippen LogP contribution in [0.5, 0.6) is 5.75 Å². The van der Waals surface area contributed by atoms with Crippen molar-refractivity contribution in [2.75, 3.05) is 5.32 Å². The Hall–Kier alpha value is -2.25. The fraction of sp³-hybridized carbons (Fsp3) is 0.273. The lowest BCUT2D eigenvalue weighted by Crippen LogP contribution is -2.26. The van der Waals surface area contributed by atoms with Crippen LogP contribution in [0.4, 0.5) is 18.9 Å². The van der Waals surface area contributed by atoms with Gasteiger partial charge in [-0.1, -0.05) is 6.07 Å². The van der Waals surface area contributed by atoms with E-state index in [1.165, 1.54) is 12.1 Å². The molecule has 0 spiro atoms. The first-order valence-electron chi connectivity index (χ1n) is 5.08. The van der Waals surface area contributed by atoms with E-state index in [9.17, 15) is 22.8 Å². The van der Waals surface area contributed by atoms with E-state index in [0.29, 0.717) is 0 Å². The highest BCUT2D eigenvalue weighted by molar-refractivity contribution is 6.03. The summed E-state index contributed by atoms with van der Waals surface area (Å²) in [5, 5.41) is 10.8. The molecule has 0 aliphatic rings. The number of carbonyl (C=O) groups is 2. The third-order valence-corrected chi connectivity index (χ3v) is 2.10. The molecule has 1 atom stereocenters. The van der Waals surface area contributed by atoms with Crippen LogP contribution in [-0.2, 0) is 9.59 Å². The van der Waals surface area contributed by atoms with Crippen LogP contribution < -0.4 is 10.1 Å². The van der Waals surface area contributed by atoms with Crippen molar-refractivity contribution in [1.29, 1.82) is 0 Å². The minimum absolute atomic E-state index is 0.0137. The fourth-order valence-corrected chi connectivity index (χ4v) is 1.13. The molecule has 0 radical (unpaired) electrons. The van der Waals surface area contributed by atoms with Crippen LogP contribution >= 0.6 is 0 Å². The Morgan fingerprint density at radius 3 is 2.53 bits per heavy atom. The van der Waals surface area contributed by atoms with Gasteiger partial charge < -0.3 is 15.2 Å². The minimum atomic E-state index is -4.84. The van der Waals surface area contributed by atoms with Gasteiger partial charge in [-0.3, -0.25) is 9.59 Å². The zero-order valence-electron chi connectivity index (χ0n) is 9.69. The highest BCUT2D eigenvalue weighted by Gasteiger charge is 2.31. The molecule has 1 unspecified atom stereocenters. The average molecular weight is 277 g/mol. The van der Waals surface area contributed by atoms with Gasteiger partial charge in [0.2, 0.25) is 5.91 Å². The van der Waals surface area contributed by atoms with Crippen LogP contribution in [0, 0.1) is 5.92 Å². The lowest BCUT2D eigenvalue weighted by molar-refractivity contribution is -0.274. The Kier molecular flexibility index (Phi) is 4.36. The number of alkyl halides is 3. The Balaban J connectivity index is 2.78. The van der Waals surface area contributed by atoms with E-state index in [1.54, 1.807) is 0 Å². The Bertz CT molecular complexity index is 487. The van der Waals surface area contributed by atoms with Crippen LogP contribution in [0.1, 0.15) is 6.92 Å². The molecule has 0 saturated carbocycles. The monoisotopic (exact) mass is 277 g/mol. The summed E-state index contributed by atoms with van der Waals surface area (Å²) in [5.41, 5.74) is 0.0137. The highest BCUT2D eigenvalue weighted by Crippen LogP contribution is 2.25. The number of anilines is 1. The van der Waals surface area contributed by atoms with Gasteiger partial charge >= 0.3 is 12.3 Å². The summed E-state index contributed by atoms with van der Waals surface area (Å²) in [6.07, 6.45) is -4.84. The van der Waals surface area contributed by atoms with Gasteiger partial charge in [0.05, 0.1) is 0 Å². The normalized spacial score (nSPS) is 12.6. The molecule has 0 saturated heterocycles. The number of rotatable bonds is 4. The van der Waals surface area contributed by atoms with E-state index in [0.717, 1.165) is 19.1 Å². The van der Waals surface area contributed by atoms with Gasteiger partial charge in [-0.15, -0.1) is 13.2 Å². The molecule has 0 bridgehead atoms. The van der Waals surface area contributed by atoms with Gasteiger partial charge in [-0.2, -0.15) is 0 Å². The van der Waals surface area contributed by atoms with Crippen LogP contribution in [0.25, 0.3) is 0 Å². The molecule has 8 heteroatoms. The van der Waals surface area contributed by atoms with E-state index < -0.39 is 29.9 Å². The summed E-state index contributed by atoms with van der Waals surface area (Å²) >= 11 is 0. The van der Waals surface area contributed by atoms with E-state index in [-0.39, 0.29) is 5.69 Å². The zero-order valence-corrected chi connectivity index (χ0v) is 9.69. The SMILES string of the molecule is CC(C(=O)O)C(=O)Nc1cccc(OC(F)(F)F)c1. The molecule has 5 nitrogen and oxygen atoms in total. The second kappa shape index (κ2) is 5.59. The van der Waals surface area contributed by atoms with Crippen LogP contribution in [0.3, 0.4) is 0 Å². The van der Waals surface area contributed by atoms with E-state index in [4.69, 9.17) is 5.11 Å². The molecule has 1 amide bonds. The highest BCUT2D eigenvalue weighted by atomic mass is 19.4. The number of carboxylic acids is 1. The summed E-state index contributed by atoms with van der Waals surface area (Å²) in [4.78, 5) is 21.9. The lowest BCUT2D eigenvalue weighted by Gasteiger charge is -2.11. The maximum Gasteiger partial charge on any atom is 0.573 e. The second-order valence-corrected chi connectivity index (χ2v) is 3.62. The smallest absolute Gasteiger partial charge is 0.481 e. The molecule has 0 heterocycles. The number of ether oxygens (including phenoxy) is 1. The Morgan fingerprint density at radius 1 is 1.37 bits per heavy atom. The Morgan fingerprint density at radius 2 is 2.00 bits per heavy atom. The largest absolute Gasteiger partial charge is 0.573 e. The van der Waals surface area contributed by atoms with Gasteiger partial charge in [-0.25, -0.2) is 0 Å². The number of amides is 1. The predicted molar refractivity (Wildman–Crippen MR) is 58.6 cm³/mol. The minimum Gasteiger partial charge on any atom is -0.481 e. The fourth-order valence-electron chi connectivity index (χ4n) is 1.13. The molecular formula is C11H10F3NO4.